The fourth-order valence-corrected chi connectivity index (χ4v) is 4.47. The summed E-state index contributed by atoms with van der Waals surface area (Å²) in [4.78, 5) is 27.9. The predicted octanol–water partition coefficient (Wildman–Crippen LogP) is 6.35. The van der Waals surface area contributed by atoms with Gasteiger partial charge in [0.15, 0.2) is 0 Å². The van der Waals surface area contributed by atoms with Gasteiger partial charge in [0.2, 0.25) is 0 Å². The van der Waals surface area contributed by atoms with Crippen LogP contribution < -0.4 is 4.90 Å². The van der Waals surface area contributed by atoms with Gasteiger partial charge in [0.1, 0.15) is 5.82 Å². The van der Waals surface area contributed by atoms with Gasteiger partial charge < -0.3 is 0 Å². The summed E-state index contributed by atoms with van der Waals surface area (Å²) < 4.78 is 13.6. The lowest BCUT2D eigenvalue weighted by Crippen LogP contribution is -2.31. The Hall–Kier alpha value is -2.60. The summed E-state index contributed by atoms with van der Waals surface area (Å²) in [5.74, 6) is -1.05. The van der Waals surface area contributed by atoms with Crippen LogP contribution in [0.3, 0.4) is 0 Å². The van der Waals surface area contributed by atoms with Gasteiger partial charge in [-0.2, -0.15) is 0 Å². The summed E-state index contributed by atoms with van der Waals surface area (Å²) >= 11 is 13.2. The fraction of sp³-hybridized carbons (Fsp3) is 0.0435. The quantitative estimate of drug-likeness (QED) is 0.418. The Kier molecular flexibility index (Phi) is 5.95. The predicted molar refractivity (Wildman–Crippen MR) is 120 cm³/mol. The third-order valence-corrected chi connectivity index (χ3v) is 6.25. The van der Waals surface area contributed by atoms with Crippen molar-refractivity contribution in [2.45, 2.75) is 5.75 Å². The van der Waals surface area contributed by atoms with Gasteiger partial charge in [0.25, 0.3) is 11.8 Å². The summed E-state index contributed by atoms with van der Waals surface area (Å²) in [5, 5.41) is 0.364. The summed E-state index contributed by atoms with van der Waals surface area (Å²) in [6.07, 6.45) is 0. The Labute approximate surface area is 187 Å². The maximum absolute atomic E-state index is 13.6. The van der Waals surface area contributed by atoms with Crippen LogP contribution >= 0.6 is 35.0 Å². The van der Waals surface area contributed by atoms with E-state index in [1.165, 1.54) is 23.9 Å². The first kappa shape index (κ1) is 20.7. The van der Waals surface area contributed by atoms with Gasteiger partial charge in [-0.25, -0.2) is 9.29 Å². The molecule has 3 aromatic rings. The van der Waals surface area contributed by atoms with Gasteiger partial charge in [-0.05, 0) is 41.5 Å². The molecule has 1 heterocycles. The van der Waals surface area contributed by atoms with Crippen molar-refractivity contribution in [2.24, 2.45) is 0 Å². The number of rotatable bonds is 5. The van der Waals surface area contributed by atoms with Crippen LogP contribution in [0, 0.1) is 5.82 Å². The molecule has 150 valence electrons. The van der Waals surface area contributed by atoms with E-state index in [1.54, 1.807) is 24.3 Å². The highest BCUT2D eigenvalue weighted by molar-refractivity contribution is 8.03. The lowest BCUT2D eigenvalue weighted by molar-refractivity contribution is -0.119. The van der Waals surface area contributed by atoms with Crippen LogP contribution in [0.2, 0.25) is 10.0 Å². The highest BCUT2D eigenvalue weighted by atomic mass is 35.5. The second kappa shape index (κ2) is 8.64. The van der Waals surface area contributed by atoms with E-state index in [9.17, 15) is 14.0 Å². The summed E-state index contributed by atoms with van der Waals surface area (Å²) in [5.41, 5.74) is 2.12. The van der Waals surface area contributed by atoms with Crippen molar-refractivity contribution in [2.75, 3.05) is 4.90 Å². The van der Waals surface area contributed by atoms with Gasteiger partial charge in [-0.15, -0.1) is 11.8 Å². The molecule has 0 spiro atoms. The van der Waals surface area contributed by atoms with Crippen LogP contribution in [0.4, 0.5) is 10.1 Å². The number of hydrogen-bond donors (Lipinski definition) is 0. The molecule has 0 N–H and O–H groups in total. The Morgan fingerprint density at radius 3 is 2.23 bits per heavy atom. The highest BCUT2D eigenvalue weighted by Crippen LogP contribution is 2.40. The molecular formula is C23H14Cl2FNO2S. The number of carbonyl (C=O) groups excluding carboxylic acids is 2. The van der Waals surface area contributed by atoms with Crippen LogP contribution in [-0.2, 0) is 15.3 Å². The van der Waals surface area contributed by atoms with Crippen LogP contribution in [0.15, 0.2) is 77.7 Å². The monoisotopic (exact) mass is 457 g/mol. The van der Waals surface area contributed by atoms with Crippen molar-refractivity contribution in [3.8, 4) is 0 Å². The van der Waals surface area contributed by atoms with Crippen LogP contribution in [0.1, 0.15) is 11.1 Å². The minimum atomic E-state index is -0.621. The second-order valence-electron chi connectivity index (χ2n) is 6.53. The lowest BCUT2D eigenvalue weighted by atomic mass is 10.1. The van der Waals surface area contributed by atoms with Crippen LogP contribution in [0.25, 0.3) is 5.57 Å². The zero-order valence-corrected chi connectivity index (χ0v) is 17.8. The Morgan fingerprint density at radius 1 is 0.867 bits per heavy atom. The van der Waals surface area contributed by atoms with Gasteiger partial charge >= 0.3 is 0 Å². The number of benzene rings is 3. The van der Waals surface area contributed by atoms with Crippen LogP contribution in [0.5, 0.6) is 0 Å². The zero-order valence-electron chi connectivity index (χ0n) is 15.4. The number of anilines is 1. The number of imide groups is 1. The van der Waals surface area contributed by atoms with Gasteiger partial charge in [0, 0.05) is 10.8 Å². The van der Waals surface area contributed by atoms with Gasteiger partial charge in [-0.3, -0.25) is 9.59 Å². The van der Waals surface area contributed by atoms with E-state index >= 15 is 0 Å². The number of amides is 2. The molecule has 30 heavy (non-hydrogen) atoms. The van der Waals surface area contributed by atoms with E-state index in [0.717, 1.165) is 16.5 Å². The van der Waals surface area contributed by atoms with E-state index < -0.39 is 17.6 Å². The topological polar surface area (TPSA) is 37.4 Å². The lowest BCUT2D eigenvalue weighted by Gasteiger charge is -2.15. The smallest absolute Gasteiger partial charge is 0.268 e. The number of halogens is 3. The number of hydrogen-bond acceptors (Lipinski definition) is 3. The molecule has 0 fully saturated rings. The Morgan fingerprint density at radius 2 is 1.57 bits per heavy atom. The molecule has 0 unspecified atom stereocenters. The molecule has 0 bridgehead atoms. The molecule has 0 atom stereocenters. The first-order chi connectivity index (χ1) is 14.5. The SMILES string of the molecule is O=C1C(SCc2ccccc2)=C(c2ccc(Cl)cc2)C(=O)N1c1ccc(F)c(Cl)c1. The average Bonchev–Trinajstić information content (AvgIpc) is 2.99. The molecule has 0 aliphatic carbocycles. The molecule has 2 amide bonds. The molecule has 0 saturated heterocycles. The Bertz CT molecular complexity index is 1160. The third-order valence-electron chi connectivity index (χ3n) is 4.56. The molecule has 0 radical (unpaired) electrons. The van der Waals surface area contributed by atoms with E-state index in [-0.39, 0.29) is 16.3 Å². The molecule has 3 aromatic carbocycles. The number of nitrogens with zero attached hydrogens (tertiary/aromatic N) is 1. The van der Waals surface area contributed by atoms with E-state index in [4.69, 9.17) is 23.2 Å². The molecule has 0 aromatic heterocycles. The van der Waals surface area contributed by atoms with Crippen molar-refractivity contribution in [3.63, 3.8) is 0 Å². The maximum Gasteiger partial charge on any atom is 0.272 e. The largest absolute Gasteiger partial charge is 0.272 e. The first-order valence-corrected chi connectivity index (χ1v) is 10.7. The minimum absolute atomic E-state index is 0.161. The molecule has 0 saturated carbocycles. The van der Waals surface area contributed by atoms with E-state index in [0.29, 0.717) is 21.2 Å². The molecule has 4 rings (SSSR count). The maximum atomic E-state index is 13.6. The number of thioether (sulfide) groups is 1. The number of carbonyl (C=O) groups is 2. The second-order valence-corrected chi connectivity index (χ2v) is 8.36. The normalized spacial score (nSPS) is 14.0. The van der Waals surface area contributed by atoms with Crippen molar-refractivity contribution >= 4 is 58.0 Å². The highest BCUT2D eigenvalue weighted by Gasteiger charge is 2.40. The molecule has 7 heteroatoms. The minimum Gasteiger partial charge on any atom is -0.268 e. The molecule has 1 aliphatic heterocycles. The standard InChI is InChI=1S/C23H14Cl2FNO2S/c24-16-8-6-15(7-9-16)20-21(30-13-14-4-2-1-3-5-14)23(29)27(22(20)28)17-10-11-19(26)18(25)12-17/h1-12H,13H2. The summed E-state index contributed by atoms with van der Waals surface area (Å²) in [6.45, 7) is 0. The van der Waals surface area contributed by atoms with Crippen molar-refractivity contribution in [1.29, 1.82) is 0 Å². The fourth-order valence-electron chi connectivity index (χ4n) is 3.10. The van der Waals surface area contributed by atoms with E-state index in [1.807, 2.05) is 30.3 Å². The van der Waals surface area contributed by atoms with Gasteiger partial charge in [0.05, 0.1) is 21.2 Å². The van der Waals surface area contributed by atoms with Crippen molar-refractivity contribution in [3.05, 3.63) is 105 Å². The summed E-state index contributed by atoms with van der Waals surface area (Å²) in [7, 11) is 0. The molecule has 3 nitrogen and oxygen atoms in total. The zero-order chi connectivity index (χ0) is 21.3. The summed E-state index contributed by atoms with van der Waals surface area (Å²) in [6, 6.07) is 20.2. The third kappa shape index (κ3) is 4.01. The Balaban J connectivity index is 1.75. The van der Waals surface area contributed by atoms with Crippen LogP contribution in [-0.4, -0.2) is 11.8 Å². The first-order valence-electron chi connectivity index (χ1n) is 8.96. The molecular weight excluding hydrogens is 444 g/mol. The average molecular weight is 458 g/mol. The van der Waals surface area contributed by atoms with Crippen molar-refractivity contribution < 1.29 is 14.0 Å². The van der Waals surface area contributed by atoms with E-state index in [2.05, 4.69) is 0 Å². The van der Waals surface area contributed by atoms with Crippen molar-refractivity contribution in [1.82, 2.24) is 0 Å². The molecule has 1 aliphatic rings. The van der Waals surface area contributed by atoms with Gasteiger partial charge in [-0.1, -0.05) is 65.7 Å².